The fourth-order valence-corrected chi connectivity index (χ4v) is 6.65. The van der Waals surface area contributed by atoms with Crippen molar-refractivity contribution in [3.05, 3.63) is 18.3 Å². The first-order valence-electron chi connectivity index (χ1n) is 10.7. The van der Waals surface area contributed by atoms with Crippen LogP contribution in [0.2, 0.25) is 0 Å². The molecule has 1 aliphatic carbocycles. The Bertz CT molecular complexity index is 782. The molecule has 0 aromatic carbocycles. The second kappa shape index (κ2) is 7.92. The third-order valence-corrected chi connectivity index (χ3v) is 8.28. The second-order valence-corrected chi connectivity index (χ2v) is 11.1. The highest BCUT2D eigenvalue weighted by Crippen LogP contribution is 2.39. The molecule has 0 unspecified atom stereocenters. The van der Waals surface area contributed by atoms with Gasteiger partial charge >= 0.3 is 0 Å². The number of likely N-dealkylation sites (tertiary alicyclic amines) is 1. The molecule has 1 aromatic rings. The minimum absolute atomic E-state index is 0.231. The summed E-state index contributed by atoms with van der Waals surface area (Å²) < 4.78 is 35.0. The van der Waals surface area contributed by atoms with Crippen molar-refractivity contribution in [3.8, 4) is 5.88 Å². The Morgan fingerprint density at radius 3 is 2.64 bits per heavy atom. The third kappa shape index (κ3) is 4.07. The van der Waals surface area contributed by atoms with Crippen molar-refractivity contribution in [2.45, 2.75) is 62.9 Å². The van der Waals surface area contributed by atoms with Gasteiger partial charge in [-0.15, -0.1) is 0 Å². The number of piperidine rings is 1. The Hall–Kier alpha value is -1.18. The third-order valence-electron chi connectivity index (χ3n) is 6.46. The first kappa shape index (κ1) is 20.1. The summed E-state index contributed by atoms with van der Waals surface area (Å²) in [5.74, 6) is 1.38. The normalized spacial score (nSPS) is 25.5. The number of rotatable bonds is 4. The van der Waals surface area contributed by atoms with E-state index >= 15 is 0 Å². The smallest absolute Gasteiger partial charge is 0.248 e. The number of hydrogen-bond acceptors (Lipinski definition) is 5. The molecule has 1 saturated carbocycles. The zero-order valence-electron chi connectivity index (χ0n) is 17.1. The summed E-state index contributed by atoms with van der Waals surface area (Å²) in [7, 11) is -3.58. The van der Waals surface area contributed by atoms with Crippen LogP contribution in [0.5, 0.6) is 5.88 Å². The van der Waals surface area contributed by atoms with Gasteiger partial charge < -0.3 is 9.64 Å². The van der Waals surface area contributed by atoms with E-state index in [1.807, 2.05) is 0 Å². The number of nitrogens with zero attached hydrogens (tertiary/aromatic N) is 3. The van der Waals surface area contributed by atoms with Crippen LogP contribution >= 0.6 is 0 Å². The molecule has 0 N–H and O–H groups in total. The quantitative estimate of drug-likeness (QED) is 0.767. The highest BCUT2D eigenvalue weighted by Gasteiger charge is 2.46. The fraction of sp³-hybridized carbons (Fsp3) is 0.762. The number of aromatic nitrogens is 1. The molecule has 2 fully saturated rings. The number of pyridine rings is 1. The molecule has 28 heavy (non-hydrogen) atoms. The van der Waals surface area contributed by atoms with Crippen LogP contribution < -0.4 is 4.74 Å². The van der Waals surface area contributed by atoms with E-state index in [9.17, 15) is 8.42 Å². The van der Waals surface area contributed by atoms with Crippen LogP contribution in [0, 0.1) is 11.8 Å². The maximum absolute atomic E-state index is 13.4. The van der Waals surface area contributed by atoms with Gasteiger partial charge in [0, 0.05) is 45.2 Å². The van der Waals surface area contributed by atoms with Gasteiger partial charge in [0.05, 0.1) is 6.54 Å². The van der Waals surface area contributed by atoms with Gasteiger partial charge in [-0.2, -0.15) is 4.31 Å². The van der Waals surface area contributed by atoms with Gasteiger partial charge in [0.1, 0.15) is 10.5 Å². The minimum atomic E-state index is -3.58. The number of hydrogen-bond donors (Lipinski definition) is 0. The SMILES string of the molecule is CC(C)CN1CCC2(CC1)CN(CC1CCCC1)S(=O)(=O)c1cccnc1O2. The van der Waals surface area contributed by atoms with E-state index in [1.54, 1.807) is 22.6 Å². The maximum Gasteiger partial charge on any atom is 0.248 e. The lowest BCUT2D eigenvalue weighted by Crippen LogP contribution is -2.55. The van der Waals surface area contributed by atoms with E-state index < -0.39 is 15.6 Å². The summed E-state index contributed by atoms with van der Waals surface area (Å²) in [4.78, 5) is 7.02. The highest BCUT2D eigenvalue weighted by molar-refractivity contribution is 7.89. The van der Waals surface area contributed by atoms with Gasteiger partial charge in [-0.1, -0.05) is 26.7 Å². The Labute approximate surface area is 169 Å². The zero-order valence-corrected chi connectivity index (χ0v) is 18.0. The lowest BCUT2D eigenvalue weighted by molar-refractivity contribution is -0.0160. The summed E-state index contributed by atoms with van der Waals surface area (Å²) in [6, 6.07) is 3.34. The predicted molar refractivity (Wildman–Crippen MR) is 109 cm³/mol. The lowest BCUT2D eigenvalue weighted by Gasteiger charge is -2.42. The fourth-order valence-electron chi connectivity index (χ4n) is 5.00. The van der Waals surface area contributed by atoms with Crippen molar-refractivity contribution < 1.29 is 13.2 Å². The van der Waals surface area contributed by atoms with Crippen LogP contribution in [0.1, 0.15) is 52.4 Å². The van der Waals surface area contributed by atoms with E-state index in [2.05, 4.69) is 23.7 Å². The lowest BCUT2D eigenvalue weighted by atomic mass is 9.90. The van der Waals surface area contributed by atoms with Gasteiger partial charge in [-0.05, 0) is 36.8 Å². The van der Waals surface area contributed by atoms with Gasteiger partial charge in [0.25, 0.3) is 0 Å². The average Bonchev–Trinajstić information content (AvgIpc) is 3.13. The van der Waals surface area contributed by atoms with Crippen LogP contribution in [0.4, 0.5) is 0 Å². The van der Waals surface area contributed by atoms with E-state index in [0.717, 1.165) is 45.3 Å². The first-order valence-corrected chi connectivity index (χ1v) is 12.2. The molecule has 1 spiro atoms. The molecule has 3 heterocycles. The standard InChI is InChI=1S/C21H33N3O3S/c1-17(2)14-23-12-9-21(10-13-23)16-24(15-18-6-3-4-7-18)28(25,26)19-8-5-11-22-20(19)27-21/h5,8,11,17-18H,3-4,6-7,9-10,12-16H2,1-2H3. The highest BCUT2D eigenvalue weighted by atomic mass is 32.2. The molecule has 6 nitrogen and oxygen atoms in total. The monoisotopic (exact) mass is 407 g/mol. The van der Waals surface area contributed by atoms with Crippen LogP contribution in [0.3, 0.4) is 0 Å². The van der Waals surface area contributed by atoms with E-state index in [0.29, 0.717) is 24.9 Å². The molecule has 0 bridgehead atoms. The van der Waals surface area contributed by atoms with Crippen molar-refractivity contribution in [1.82, 2.24) is 14.2 Å². The molecule has 156 valence electrons. The number of fused-ring (bicyclic) bond motifs is 1. The minimum Gasteiger partial charge on any atom is -0.469 e. The molecular weight excluding hydrogens is 374 g/mol. The summed E-state index contributed by atoms with van der Waals surface area (Å²) >= 11 is 0. The molecule has 0 atom stereocenters. The number of sulfonamides is 1. The Morgan fingerprint density at radius 1 is 1.25 bits per heavy atom. The van der Waals surface area contributed by atoms with Crippen molar-refractivity contribution in [2.75, 3.05) is 32.7 Å². The molecule has 1 saturated heterocycles. The van der Waals surface area contributed by atoms with Crippen LogP contribution in [-0.4, -0.2) is 60.9 Å². The van der Waals surface area contributed by atoms with Crippen molar-refractivity contribution in [1.29, 1.82) is 0 Å². The summed E-state index contributed by atoms with van der Waals surface area (Å²) in [5.41, 5.74) is -0.473. The van der Waals surface area contributed by atoms with Crippen LogP contribution in [-0.2, 0) is 10.0 Å². The number of ether oxygens (including phenoxy) is 1. The van der Waals surface area contributed by atoms with Crippen molar-refractivity contribution >= 4 is 10.0 Å². The summed E-state index contributed by atoms with van der Waals surface area (Å²) in [6.07, 6.45) is 7.98. The predicted octanol–water partition coefficient (Wildman–Crippen LogP) is 3.15. The molecule has 4 rings (SSSR count). The Balaban J connectivity index is 1.62. The van der Waals surface area contributed by atoms with E-state index in [4.69, 9.17) is 4.74 Å². The molecule has 0 radical (unpaired) electrons. The molecule has 1 aromatic heterocycles. The Morgan fingerprint density at radius 2 is 1.96 bits per heavy atom. The van der Waals surface area contributed by atoms with Gasteiger partial charge in [0.15, 0.2) is 0 Å². The summed E-state index contributed by atoms with van der Waals surface area (Å²) in [6.45, 7) is 8.49. The molecule has 3 aliphatic rings. The maximum atomic E-state index is 13.4. The van der Waals surface area contributed by atoms with Crippen molar-refractivity contribution in [3.63, 3.8) is 0 Å². The largest absolute Gasteiger partial charge is 0.469 e. The van der Waals surface area contributed by atoms with Crippen molar-refractivity contribution in [2.24, 2.45) is 11.8 Å². The van der Waals surface area contributed by atoms with E-state index in [1.165, 1.54) is 12.8 Å². The topological polar surface area (TPSA) is 62.7 Å². The molecule has 0 amide bonds. The Kier molecular flexibility index (Phi) is 5.69. The average molecular weight is 408 g/mol. The molecule has 2 aliphatic heterocycles. The van der Waals surface area contributed by atoms with Crippen LogP contribution in [0.15, 0.2) is 23.2 Å². The molecule has 7 heteroatoms. The molecular formula is C21H33N3O3S. The van der Waals surface area contributed by atoms with E-state index in [-0.39, 0.29) is 10.8 Å². The second-order valence-electron chi connectivity index (χ2n) is 9.23. The zero-order chi connectivity index (χ0) is 19.8. The van der Waals surface area contributed by atoms with Crippen LogP contribution in [0.25, 0.3) is 0 Å². The first-order chi connectivity index (χ1) is 13.4. The van der Waals surface area contributed by atoms with Gasteiger partial charge in [0.2, 0.25) is 15.9 Å². The van der Waals surface area contributed by atoms with Gasteiger partial charge in [-0.3, -0.25) is 0 Å². The van der Waals surface area contributed by atoms with Gasteiger partial charge in [-0.25, -0.2) is 13.4 Å². The summed E-state index contributed by atoms with van der Waals surface area (Å²) in [5, 5.41) is 0.